The number of likely N-dealkylation sites (tertiary alicyclic amines) is 1. The molecule has 1 unspecified atom stereocenters. The van der Waals surface area contributed by atoms with Gasteiger partial charge in [-0.15, -0.1) is 0 Å². The van der Waals surface area contributed by atoms with Crippen LogP contribution in [0.3, 0.4) is 0 Å². The van der Waals surface area contributed by atoms with Gasteiger partial charge in [-0.05, 0) is 30.5 Å². The van der Waals surface area contributed by atoms with E-state index in [1.54, 1.807) is 6.07 Å². The summed E-state index contributed by atoms with van der Waals surface area (Å²) in [6.45, 7) is 2.14. The number of alkyl halides is 3. The minimum atomic E-state index is -4.46. The second-order valence-electron chi connectivity index (χ2n) is 7.04. The van der Waals surface area contributed by atoms with Gasteiger partial charge in [0.15, 0.2) is 0 Å². The fraction of sp³-hybridized carbons (Fsp3) is 0.400. The zero-order valence-corrected chi connectivity index (χ0v) is 15.4. The number of benzene rings is 1. The van der Waals surface area contributed by atoms with Gasteiger partial charge >= 0.3 is 6.18 Å². The molecule has 3 rings (SSSR count). The Morgan fingerprint density at radius 1 is 1.21 bits per heavy atom. The third-order valence-electron chi connectivity index (χ3n) is 4.74. The molecule has 0 radical (unpaired) electrons. The van der Waals surface area contributed by atoms with E-state index >= 15 is 0 Å². The van der Waals surface area contributed by atoms with Crippen LogP contribution < -0.4 is 11.1 Å². The SMILES string of the molecule is Nc1cccc(-c2ccc(CCN3CCC(NC(=O)CC(F)(F)F)C3)cc2)n1. The average Bonchev–Trinajstić information content (AvgIpc) is 3.06. The molecular formula is C20H23F3N4O. The molecule has 8 heteroatoms. The van der Waals surface area contributed by atoms with E-state index in [4.69, 9.17) is 5.73 Å². The lowest BCUT2D eigenvalue weighted by Gasteiger charge is -2.17. The molecule has 0 bridgehead atoms. The van der Waals surface area contributed by atoms with Crippen molar-refractivity contribution in [1.29, 1.82) is 0 Å². The van der Waals surface area contributed by atoms with E-state index in [0.29, 0.717) is 18.8 Å². The summed E-state index contributed by atoms with van der Waals surface area (Å²) in [5, 5.41) is 2.48. The monoisotopic (exact) mass is 392 g/mol. The van der Waals surface area contributed by atoms with Crippen molar-refractivity contribution in [2.24, 2.45) is 0 Å². The lowest BCUT2D eigenvalue weighted by Crippen LogP contribution is -2.39. The van der Waals surface area contributed by atoms with Crippen molar-refractivity contribution >= 4 is 11.7 Å². The van der Waals surface area contributed by atoms with Gasteiger partial charge < -0.3 is 16.0 Å². The van der Waals surface area contributed by atoms with E-state index in [1.807, 2.05) is 36.4 Å². The number of amides is 1. The Bertz CT molecular complexity index is 808. The quantitative estimate of drug-likeness (QED) is 0.793. The molecule has 1 aliphatic heterocycles. The first-order chi connectivity index (χ1) is 13.3. The third kappa shape index (κ3) is 5.95. The highest BCUT2D eigenvalue weighted by Crippen LogP contribution is 2.21. The molecule has 1 aliphatic rings. The van der Waals surface area contributed by atoms with Gasteiger partial charge in [0.2, 0.25) is 5.91 Å². The van der Waals surface area contributed by atoms with E-state index in [2.05, 4.69) is 15.2 Å². The number of aromatic nitrogens is 1. The number of carbonyl (C=O) groups is 1. The average molecular weight is 392 g/mol. The maximum atomic E-state index is 12.2. The van der Waals surface area contributed by atoms with Crippen LogP contribution in [0.25, 0.3) is 11.3 Å². The summed E-state index contributed by atoms with van der Waals surface area (Å²) in [5.74, 6) is -0.474. The summed E-state index contributed by atoms with van der Waals surface area (Å²) in [6, 6.07) is 13.4. The predicted octanol–water partition coefficient (Wildman–Crippen LogP) is 3.02. The van der Waals surface area contributed by atoms with Crippen molar-refractivity contribution in [1.82, 2.24) is 15.2 Å². The number of nitrogens with two attached hydrogens (primary N) is 1. The van der Waals surface area contributed by atoms with Gasteiger partial charge in [-0.25, -0.2) is 4.98 Å². The van der Waals surface area contributed by atoms with Gasteiger partial charge in [-0.1, -0.05) is 30.3 Å². The molecule has 1 aromatic heterocycles. The maximum Gasteiger partial charge on any atom is 0.397 e. The molecule has 150 valence electrons. The molecular weight excluding hydrogens is 369 g/mol. The Labute approximate surface area is 161 Å². The van der Waals surface area contributed by atoms with Crippen LogP contribution in [0.1, 0.15) is 18.4 Å². The van der Waals surface area contributed by atoms with Crippen LogP contribution in [0, 0.1) is 0 Å². The van der Waals surface area contributed by atoms with Gasteiger partial charge in [0.1, 0.15) is 12.2 Å². The van der Waals surface area contributed by atoms with Crippen LogP contribution >= 0.6 is 0 Å². The van der Waals surface area contributed by atoms with E-state index in [1.165, 1.54) is 0 Å². The molecule has 0 spiro atoms. The first-order valence-electron chi connectivity index (χ1n) is 9.19. The van der Waals surface area contributed by atoms with E-state index in [0.717, 1.165) is 36.3 Å². The van der Waals surface area contributed by atoms with Gasteiger partial charge in [0.05, 0.1) is 5.69 Å². The fourth-order valence-electron chi connectivity index (χ4n) is 3.36. The number of anilines is 1. The van der Waals surface area contributed by atoms with Crippen molar-refractivity contribution in [3.05, 3.63) is 48.0 Å². The Kier molecular flexibility index (Phi) is 6.18. The molecule has 1 atom stereocenters. The normalized spacial score (nSPS) is 17.6. The summed E-state index contributed by atoms with van der Waals surface area (Å²) in [4.78, 5) is 17.9. The van der Waals surface area contributed by atoms with Crippen LogP contribution in [0.2, 0.25) is 0 Å². The topological polar surface area (TPSA) is 71.2 Å². The molecule has 1 aromatic carbocycles. The maximum absolute atomic E-state index is 12.2. The zero-order valence-electron chi connectivity index (χ0n) is 15.4. The molecule has 0 saturated carbocycles. The summed E-state index contributed by atoms with van der Waals surface area (Å²) in [7, 11) is 0. The summed E-state index contributed by atoms with van der Waals surface area (Å²) in [6.07, 6.45) is -4.38. The zero-order chi connectivity index (χ0) is 20.1. The van der Waals surface area contributed by atoms with Gasteiger partial charge in [-0.3, -0.25) is 4.79 Å². The van der Waals surface area contributed by atoms with E-state index in [9.17, 15) is 18.0 Å². The van der Waals surface area contributed by atoms with Gasteiger partial charge in [-0.2, -0.15) is 13.2 Å². The van der Waals surface area contributed by atoms with Crippen molar-refractivity contribution in [2.45, 2.75) is 31.5 Å². The molecule has 1 saturated heterocycles. The number of nitrogens with one attached hydrogen (secondary N) is 1. The molecule has 1 fully saturated rings. The number of carbonyl (C=O) groups excluding carboxylic acids is 1. The molecule has 5 nitrogen and oxygen atoms in total. The second-order valence-corrected chi connectivity index (χ2v) is 7.04. The molecule has 2 aromatic rings. The predicted molar refractivity (Wildman–Crippen MR) is 101 cm³/mol. The Balaban J connectivity index is 1.45. The Morgan fingerprint density at radius 3 is 2.64 bits per heavy atom. The number of rotatable bonds is 6. The minimum Gasteiger partial charge on any atom is -0.384 e. The van der Waals surface area contributed by atoms with E-state index < -0.39 is 18.5 Å². The molecule has 1 amide bonds. The number of hydrogen-bond acceptors (Lipinski definition) is 4. The van der Waals surface area contributed by atoms with Crippen LogP contribution in [0.15, 0.2) is 42.5 Å². The highest BCUT2D eigenvalue weighted by molar-refractivity contribution is 5.77. The van der Waals surface area contributed by atoms with Crippen molar-refractivity contribution in [2.75, 3.05) is 25.4 Å². The summed E-state index contributed by atoms with van der Waals surface area (Å²) >= 11 is 0. The minimum absolute atomic E-state index is 0.216. The van der Waals surface area contributed by atoms with Crippen molar-refractivity contribution in [3.8, 4) is 11.3 Å². The first kappa shape index (κ1) is 20.1. The lowest BCUT2D eigenvalue weighted by molar-refractivity contribution is -0.154. The van der Waals surface area contributed by atoms with Crippen LogP contribution in [0.5, 0.6) is 0 Å². The number of nitrogen functional groups attached to an aromatic ring is 1. The van der Waals surface area contributed by atoms with Crippen molar-refractivity contribution in [3.63, 3.8) is 0 Å². The fourth-order valence-corrected chi connectivity index (χ4v) is 3.36. The lowest BCUT2D eigenvalue weighted by atomic mass is 10.1. The smallest absolute Gasteiger partial charge is 0.384 e. The first-order valence-corrected chi connectivity index (χ1v) is 9.19. The molecule has 0 aliphatic carbocycles. The largest absolute Gasteiger partial charge is 0.397 e. The summed E-state index contributed by atoms with van der Waals surface area (Å²) < 4.78 is 36.7. The number of hydrogen-bond donors (Lipinski definition) is 2. The van der Waals surface area contributed by atoms with Crippen LogP contribution in [-0.4, -0.2) is 47.6 Å². The third-order valence-corrected chi connectivity index (χ3v) is 4.74. The summed E-state index contributed by atoms with van der Waals surface area (Å²) in [5.41, 5.74) is 8.69. The van der Waals surface area contributed by atoms with Gasteiger partial charge in [0.25, 0.3) is 0 Å². The Hall–Kier alpha value is -2.61. The second kappa shape index (κ2) is 8.60. The highest BCUT2D eigenvalue weighted by Gasteiger charge is 2.33. The number of nitrogens with zero attached hydrogens (tertiary/aromatic N) is 2. The van der Waals surface area contributed by atoms with Crippen molar-refractivity contribution < 1.29 is 18.0 Å². The molecule has 3 N–H and O–H groups in total. The number of pyridine rings is 1. The standard InChI is InChI=1S/C20H23F3N4O/c21-20(22,23)12-19(28)25-16-9-11-27(13-16)10-8-14-4-6-15(7-5-14)17-2-1-3-18(24)26-17/h1-7,16H,8-13H2,(H2,24,26)(H,25,28). The molecule has 28 heavy (non-hydrogen) atoms. The Morgan fingerprint density at radius 2 is 1.96 bits per heavy atom. The van der Waals surface area contributed by atoms with E-state index in [-0.39, 0.29) is 6.04 Å². The van der Waals surface area contributed by atoms with Crippen LogP contribution in [-0.2, 0) is 11.2 Å². The molecule has 2 heterocycles. The van der Waals surface area contributed by atoms with Crippen LogP contribution in [0.4, 0.5) is 19.0 Å². The highest BCUT2D eigenvalue weighted by atomic mass is 19.4. The van der Waals surface area contributed by atoms with Gasteiger partial charge in [0, 0.05) is 31.2 Å². The number of halogens is 3.